The number of halogens is 1. The second-order valence-corrected chi connectivity index (χ2v) is 4.48. The van der Waals surface area contributed by atoms with Crippen molar-refractivity contribution in [2.45, 2.75) is 33.3 Å². The minimum atomic E-state index is -1.18. The lowest BCUT2D eigenvalue weighted by Crippen LogP contribution is -2.17. The SMILES string of the molecule is CC(C)CC(C)Oc1c(F)cccc1C(=O)O. The Morgan fingerprint density at radius 1 is 1.41 bits per heavy atom. The Balaban J connectivity index is 2.92. The summed E-state index contributed by atoms with van der Waals surface area (Å²) in [6, 6.07) is 3.89. The van der Waals surface area contributed by atoms with Crippen LogP contribution in [0.2, 0.25) is 0 Å². The Morgan fingerprint density at radius 2 is 2.06 bits per heavy atom. The molecule has 0 radical (unpaired) electrons. The van der Waals surface area contributed by atoms with Crippen LogP contribution in [0.25, 0.3) is 0 Å². The van der Waals surface area contributed by atoms with Crippen LogP contribution < -0.4 is 4.74 Å². The van der Waals surface area contributed by atoms with Gasteiger partial charge in [-0.05, 0) is 31.4 Å². The van der Waals surface area contributed by atoms with E-state index in [1.165, 1.54) is 18.2 Å². The molecule has 0 aliphatic heterocycles. The molecule has 1 aromatic carbocycles. The molecule has 0 saturated heterocycles. The second kappa shape index (κ2) is 5.66. The van der Waals surface area contributed by atoms with Crippen molar-refractivity contribution >= 4 is 5.97 Å². The number of carboxylic acid groups (broad SMARTS) is 1. The first-order chi connectivity index (χ1) is 7.91. The van der Waals surface area contributed by atoms with Gasteiger partial charge in [0.1, 0.15) is 5.56 Å². The summed E-state index contributed by atoms with van der Waals surface area (Å²) in [5.74, 6) is -1.59. The van der Waals surface area contributed by atoms with Gasteiger partial charge in [-0.3, -0.25) is 0 Å². The van der Waals surface area contributed by atoms with E-state index in [1.54, 1.807) is 6.92 Å². The summed E-state index contributed by atoms with van der Waals surface area (Å²) >= 11 is 0. The third-order valence-corrected chi connectivity index (χ3v) is 2.32. The van der Waals surface area contributed by atoms with Gasteiger partial charge < -0.3 is 9.84 Å². The fraction of sp³-hybridized carbons (Fsp3) is 0.462. The maximum absolute atomic E-state index is 13.5. The van der Waals surface area contributed by atoms with Crippen LogP contribution in [0.15, 0.2) is 18.2 Å². The molecule has 0 aliphatic carbocycles. The van der Waals surface area contributed by atoms with Gasteiger partial charge in [0, 0.05) is 0 Å². The first-order valence-electron chi connectivity index (χ1n) is 5.60. The number of hydrogen-bond donors (Lipinski definition) is 1. The van der Waals surface area contributed by atoms with Crippen molar-refractivity contribution < 1.29 is 19.0 Å². The van der Waals surface area contributed by atoms with Crippen LogP contribution in [0, 0.1) is 11.7 Å². The normalized spacial score (nSPS) is 12.5. The molecule has 3 nitrogen and oxygen atoms in total. The number of aromatic carboxylic acids is 1. The molecule has 94 valence electrons. The molecule has 4 heteroatoms. The molecule has 1 aromatic rings. The van der Waals surface area contributed by atoms with Gasteiger partial charge >= 0.3 is 5.97 Å². The third kappa shape index (κ3) is 3.73. The molecule has 0 aromatic heterocycles. The maximum atomic E-state index is 13.5. The number of hydrogen-bond acceptors (Lipinski definition) is 2. The van der Waals surface area contributed by atoms with Crippen LogP contribution in [0.1, 0.15) is 37.6 Å². The van der Waals surface area contributed by atoms with E-state index in [1.807, 2.05) is 13.8 Å². The van der Waals surface area contributed by atoms with Crippen LogP contribution in [-0.4, -0.2) is 17.2 Å². The zero-order valence-corrected chi connectivity index (χ0v) is 10.2. The van der Waals surface area contributed by atoms with Crippen LogP contribution in [0.4, 0.5) is 4.39 Å². The Hall–Kier alpha value is -1.58. The lowest BCUT2D eigenvalue weighted by Gasteiger charge is -2.18. The number of carbonyl (C=O) groups is 1. The lowest BCUT2D eigenvalue weighted by molar-refractivity contribution is 0.0687. The molecule has 0 aliphatic rings. The molecule has 1 atom stereocenters. The zero-order valence-electron chi connectivity index (χ0n) is 10.2. The fourth-order valence-corrected chi connectivity index (χ4v) is 1.71. The highest BCUT2D eigenvalue weighted by Crippen LogP contribution is 2.25. The van der Waals surface area contributed by atoms with Crippen molar-refractivity contribution in [1.82, 2.24) is 0 Å². The average molecular weight is 240 g/mol. The quantitative estimate of drug-likeness (QED) is 0.858. The first kappa shape index (κ1) is 13.5. The van der Waals surface area contributed by atoms with Crippen LogP contribution in [0.5, 0.6) is 5.75 Å². The number of ether oxygens (including phenoxy) is 1. The summed E-state index contributed by atoms with van der Waals surface area (Å²) in [5, 5.41) is 8.94. The molecule has 0 bridgehead atoms. The smallest absolute Gasteiger partial charge is 0.339 e. The van der Waals surface area contributed by atoms with Gasteiger partial charge in [-0.15, -0.1) is 0 Å². The average Bonchev–Trinajstić information content (AvgIpc) is 2.19. The Labute approximate surface area is 100 Å². The van der Waals surface area contributed by atoms with Crippen LogP contribution in [-0.2, 0) is 0 Å². The van der Waals surface area contributed by atoms with Crippen LogP contribution in [0.3, 0.4) is 0 Å². The molecule has 1 N–H and O–H groups in total. The Bertz CT molecular complexity index is 402. The molecular weight excluding hydrogens is 223 g/mol. The molecule has 0 heterocycles. The third-order valence-electron chi connectivity index (χ3n) is 2.32. The Morgan fingerprint density at radius 3 is 2.59 bits per heavy atom. The van der Waals surface area contributed by atoms with E-state index in [4.69, 9.17) is 9.84 Å². The van der Waals surface area contributed by atoms with E-state index < -0.39 is 11.8 Å². The van der Waals surface area contributed by atoms with Gasteiger partial charge in [0.25, 0.3) is 0 Å². The summed E-state index contributed by atoms with van der Waals surface area (Å²) in [4.78, 5) is 10.9. The summed E-state index contributed by atoms with van der Waals surface area (Å²) in [7, 11) is 0. The van der Waals surface area contributed by atoms with Crippen molar-refractivity contribution in [3.63, 3.8) is 0 Å². The van der Waals surface area contributed by atoms with Gasteiger partial charge in [-0.25, -0.2) is 9.18 Å². The van der Waals surface area contributed by atoms with Gasteiger partial charge in [-0.1, -0.05) is 19.9 Å². The lowest BCUT2D eigenvalue weighted by atomic mass is 10.1. The number of rotatable bonds is 5. The van der Waals surface area contributed by atoms with Crippen molar-refractivity contribution in [1.29, 1.82) is 0 Å². The number of para-hydroxylation sites is 1. The van der Waals surface area contributed by atoms with Crippen molar-refractivity contribution in [3.05, 3.63) is 29.6 Å². The predicted molar refractivity (Wildman–Crippen MR) is 62.9 cm³/mol. The van der Waals surface area contributed by atoms with Crippen molar-refractivity contribution in [2.75, 3.05) is 0 Å². The molecule has 0 saturated carbocycles. The van der Waals surface area contributed by atoms with Crippen molar-refractivity contribution in [3.8, 4) is 5.75 Å². The minimum Gasteiger partial charge on any atom is -0.487 e. The largest absolute Gasteiger partial charge is 0.487 e. The number of carboxylic acids is 1. The van der Waals surface area contributed by atoms with Gasteiger partial charge in [0.15, 0.2) is 11.6 Å². The zero-order chi connectivity index (χ0) is 13.0. The predicted octanol–water partition coefficient (Wildman–Crippen LogP) is 3.34. The topological polar surface area (TPSA) is 46.5 Å². The number of benzene rings is 1. The van der Waals surface area contributed by atoms with E-state index in [2.05, 4.69) is 0 Å². The van der Waals surface area contributed by atoms with Gasteiger partial charge in [0.05, 0.1) is 6.10 Å². The molecule has 0 fully saturated rings. The second-order valence-electron chi connectivity index (χ2n) is 4.48. The maximum Gasteiger partial charge on any atom is 0.339 e. The van der Waals surface area contributed by atoms with E-state index in [0.717, 1.165) is 6.42 Å². The highest BCUT2D eigenvalue weighted by molar-refractivity contribution is 5.90. The first-order valence-corrected chi connectivity index (χ1v) is 5.60. The molecule has 0 spiro atoms. The highest BCUT2D eigenvalue weighted by atomic mass is 19.1. The van der Waals surface area contributed by atoms with E-state index in [-0.39, 0.29) is 17.4 Å². The monoisotopic (exact) mass is 240 g/mol. The summed E-state index contributed by atoms with van der Waals surface area (Å²) in [6.07, 6.45) is 0.526. The minimum absolute atomic E-state index is 0.138. The molecule has 0 amide bonds. The summed E-state index contributed by atoms with van der Waals surface area (Å²) in [6.45, 7) is 5.86. The molecule has 17 heavy (non-hydrogen) atoms. The van der Waals surface area contributed by atoms with Crippen LogP contribution >= 0.6 is 0 Å². The fourth-order valence-electron chi connectivity index (χ4n) is 1.71. The summed E-state index contributed by atoms with van der Waals surface area (Å²) in [5.41, 5.74) is -0.138. The standard InChI is InChI=1S/C13H17FO3/c1-8(2)7-9(3)17-12-10(13(15)16)5-4-6-11(12)14/h4-6,8-9H,7H2,1-3H3,(H,15,16). The summed E-state index contributed by atoms with van der Waals surface area (Å²) < 4.78 is 18.9. The molecule has 1 unspecified atom stereocenters. The van der Waals surface area contributed by atoms with E-state index in [0.29, 0.717) is 5.92 Å². The van der Waals surface area contributed by atoms with Gasteiger partial charge in [-0.2, -0.15) is 0 Å². The Kier molecular flexibility index (Phi) is 4.49. The van der Waals surface area contributed by atoms with E-state index in [9.17, 15) is 9.18 Å². The molecular formula is C13H17FO3. The molecule has 1 rings (SSSR count). The van der Waals surface area contributed by atoms with Gasteiger partial charge in [0.2, 0.25) is 0 Å². The van der Waals surface area contributed by atoms with E-state index >= 15 is 0 Å². The highest BCUT2D eigenvalue weighted by Gasteiger charge is 2.18. The van der Waals surface area contributed by atoms with Crippen molar-refractivity contribution in [2.24, 2.45) is 5.92 Å².